The van der Waals surface area contributed by atoms with E-state index in [0.717, 1.165) is 0 Å². The third kappa shape index (κ3) is 4.25. The molecule has 3 aromatic rings. The molecule has 6 nitrogen and oxygen atoms in total. The van der Waals surface area contributed by atoms with Crippen molar-refractivity contribution in [1.82, 2.24) is 14.8 Å². The van der Waals surface area contributed by atoms with E-state index in [9.17, 15) is 14.3 Å². The monoisotopic (exact) mass is 374 g/mol. The highest BCUT2D eigenvalue weighted by Crippen LogP contribution is 2.24. The average molecular weight is 375 g/mol. The fourth-order valence-corrected chi connectivity index (χ4v) is 2.63. The summed E-state index contributed by atoms with van der Waals surface area (Å²) in [5, 5.41) is 14.9. The molecule has 26 heavy (non-hydrogen) atoms. The fraction of sp³-hybridized carbons (Fsp3) is 0.167. The molecule has 0 aliphatic heterocycles. The maximum absolute atomic E-state index is 14.3. The van der Waals surface area contributed by atoms with Crippen LogP contribution in [0.25, 0.3) is 0 Å². The molecule has 1 N–H and O–H groups in total. The van der Waals surface area contributed by atoms with Crippen molar-refractivity contribution in [2.75, 3.05) is 11.4 Å². The number of aromatic nitrogens is 3. The quantitative estimate of drug-likeness (QED) is 0.720. The lowest BCUT2D eigenvalue weighted by molar-refractivity contribution is -0.119. The van der Waals surface area contributed by atoms with Crippen LogP contribution in [0.1, 0.15) is 11.7 Å². The summed E-state index contributed by atoms with van der Waals surface area (Å²) < 4.78 is 15.6. The van der Waals surface area contributed by atoms with Gasteiger partial charge in [0.2, 0.25) is 5.91 Å². The van der Waals surface area contributed by atoms with Gasteiger partial charge in [-0.3, -0.25) is 4.79 Å². The molecule has 1 amide bonds. The molecular formula is C18H16ClFN4O2. The summed E-state index contributed by atoms with van der Waals surface area (Å²) in [6, 6.07) is 12.5. The minimum Gasteiger partial charge on any atom is -0.387 e. The van der Waals surface area contributed by atoms with Gasteiger partial charge in [-0.15, -0.1) is 0 Å². The Morgan fingerprint density at radius 2 is 1.96 bits per heavy atom. The number of hydrogen-bond acceptors (Lipinski definition) is 4. The molecule has 0 aliphatic rings. The summed E-state index contributed by atoms with van der Waals surface area (Å²) >= 11 is 5.86. The summed E-state index contributed by atoms with van der Waals surface area (Å²) in [5.74, 6) is -0.976. The van der Waals surface area contributed by atoms with Crippen LogP contribution in [0.15, 0.2) is 61.2 Å². The standard InChI is InChI=1S/C18H16ClFN4O2/c19-14-7-5-13(6-8-14)17(25)9-24(16-4-2-1-3-15(16)20)18(26)10-23-12-21-11-22-23/h1-8,11-12,17,25H,9-10H2. The van der Waals surface area contributed by atoms with E-state index in [1.807, 2.05) is 0 Å². The number of aliphatic hydroxyl groups excluding tert-OH is 1. The number of carbonyl (C=O) groups is 1. The van der Waals surface area contributed by atoms with Crippen molar-refractivity contribution >= 4 is 23.2 Å². The van der Waals surface area contributed by atoms with Gasteiger partial charge >= 0.3 is 0 Å². The summed E-state index contributed by atoms with van der Waals surface area (Å²) in [6.45, 7) is -0.238. The summed E-state index contributed by atoms with van der Waals surface area (Å²) in [4.78, 5) is 17.7. The maximum Gasteiger partial charge on any atom is 0.248 e. The lowest BCUT2D eigenvalue weighted by Crippen LogP contribution is -2.38. The number of nitrogens with zero attached hydrogens (tertiary/aromatic N) is 4. The van der Waals surface area contributed by atoms with Crippen molar-refractivity contribution in [3.05, 3.63) is 77.6 Å². The first-order valence-corrected chi connectivity index (χ1v) is 8.23. The Kier molecular flexibility index (Phi) is 5.60. The van der Waals surface area contributed by atoms with Crippen molar-refractivity contribution in [3.8, 4) is 0 Å². The number of hydrogen-bond donors (Lipinski definition) is 1. The first kappa shape index (κ1) is 18.0. The minimum atomic E-state index is -1.01. The van der Waals surface area contributed by atoms with Crippen LogP contribution in [-0.2, 0) is 11.3 Å². The van der Waals surface area contributed by atoms with E-state index in [1.54, 1.807) is 30.3 Å². The predicted octanol–water partition coefficient (Wildman–Crippen LogP) is 2.84. The molecule has 1 unspecified atom stereocenters. The van der Waals surface area contributed by atoms with Gasteiger partial charge in [0.05, 0.1) is 18.3 Å². The molecule has 3 rings (SSSR count). The highest BCUT2D eigenvalue weighted by atomic mass is 35.5. The summed E-state index contributed by atoms with van der Waals surface area (Å²) in [5.41, 5.74) is 0.662. The fourth-order valence-electron chi connectivity index (χ4n) is 2.51. The second-order valence-electron chi connectivity index (χ2n) is 5.62. The van der Waals surface area contributed by atoms with E-state index in [1.165, 1.54) is 40.4 Å². The molecular weight excluding hydrogens is 359 g/mol. The highest BCUT2D eigenvalue weighted by Gasteiger charge is 2.23. The summed E-state index contributed by atoms with van der Waals surface area (Å²) in [6.07, 6.45) is 1.70. The normalized spacial score (nSPS) is 12.0. The Morgan fingerprint density at radius 3 is 2.62 bits per heavy atom. The predicted molar refractivity (Wildman–Crippen MR) is 95.2 cm³/mol. The van der Waals surface area contributed by atoms with Crippen LogP contribution in [0.5, 0.6) is 0 Å². The van der Waals surface area contributed by atoms with Gasteiger partial charge in [-0.25, -0.2) is 14.1 Å². The first-order chi connectivity index (χ1) is 12.5. The van der Waals surface area contributed by atoms with Gasteiger partial charge in [-0.2, -0.15) is 5.10 Å². The van der Waals surface area contributed by atoms with Crippen LogP contribution >= 0.6 is 11.6 Å². The Labute approximate surface area is 154 Å². The number of anilines is 1. The molecule has 1 heterocycles. The molecule has 0 spiro atoms. The van der Waals surface area contributed by atoms with Crippen molar-refractivity contribution in [2.24, 2.45) is 0 Å². The number of amides is 1. The number of benzene rings is 2. The van der Waals surface area contributed by atoms with E-state index in [0.29, 0.717) is 10.6 Å². The van der Waals surface area contributed by atoms with Crippen LogP contribution in [0.4, 0.5) is 10.1 Å². The maximum atomic E-state index is 14.3. The molecule has 2 aromatic carbocycles. The van der Waals surface area contributed by atoms with Crippen LogP contribution in [0.2, 0.25) is 5.02 Å². The summed E-state index contributed by atoms with van der Waals surface area (Å²) in [7, 11) is 0. The Hall–Kier alpha value is -2.77. The molecule has 0 saturated carbocycles. The molecule has 8 heteroatoms. The topological polar surface area (TPSA) is 71.2 Å². The number of halogens is 2. The third-order valence-corrected chi connectivity index (χ3v) is 4.07. The molecule has 1 aromatic heterocycles. The highest BCUT2D eigenvalue weighted by molar-refractivity contribution is 6.30. The van der Waals surface area contributed by atoms with Gasteiger partial charge in [-0.1, -0.05) is 35.9 Å². The third-order valence-electron chi connectivity index (χ3n) is 3.82. The van der Waals surface area contributed by atoms with E-state index in [4.69, 9.17) is 11.6 Å². The molecule has 0 fully saturated rings. The zero-order valence-electron chi connectivity index (χ0n) is 13.7. The molecule has 0 saturated heterocycles. The van der Waals surface area contributed by atoms with E-state index in [-0.39, 0.29) is 18.8 Å². The zero-order valence-corrected chi connectivity index (χ0v) is 14.4. The molecule has 1 atom stereocenters. The SMILES string of the molecule is O=C(Cn1cncn1)N(CC(O)c1ccc(Cl)cc1)c1ccccc1F. The average Bonchev–Trinajstić information content (AvgIpc) is 3.13. The lowest BCUT2D eigenvalue weighted by Gasteiger charge is -2.26. The lowest BCUT2D eigenvalue weighted by atomic mass is 10.1. The van der Waals surface area contributed by atoms with Gasteiger partial charge in [0.15, 0.2) is 0 Å². The van der Waals surface area contributed by atoms with Gasteiger partial charge in [0.25, 0.3) is 0 Å². The van der Waals surface area contributed by atoms with E-state index >= 15 is 0 Å². The van der Waals surface area contributed by atoms with Crippen molar-refractivity contribution in [1.29, 1.82) is 0 Å². The molecule has 0 aliphatic carbocycles. The number of carbonyl (C=O) groups excluding carboxylic acids is 1. The molecule has 0 radical (unpaired) electrons. The largest absolute Gasteiger partial charge is 0.387 e. The number of rotatable bonds is 6. The van der Waals surface area contributed by atoms with Crippen LogP contribution in [0.3, 0.4) is 0 Å². The first-order valence-electron chi connectivity index (χ1n) is 7.85. The van der Waals surface area contributed by atoms with Crippen molar-refractivity contribution in [2.45, 2.75) is 12.6 Å². The Bertz CT molecular complexity index is 871. The van der Waals surface area contributed by atoms with E-state index in [2.05, 4.69) is 10.1 Å². The second-order valence-corrected chi connectivity index (χ2v) is 6.05. The van der Waals surface area contributed by atoms with Gasteiger partial charge in [-0.05, 0) is 29.8 Å². The zero-order chi connectivity index (χ0) is 18.5. The Morgan fingerprint density at radius 1 is 1.23 bits per heavy atom. The smallest absolute Gasteiger partial charge is 0.248 e. The number of para-hydroxylation sites is 1. The minimum absolute atomic E-state index is 0.0885. The van der Waals surface area contributed by atoms with Gasteiger partial charge in [0.1, 0.15) is 25.0 Å². The van der Waals surface area contributed by atoms with E-state index < -0.39 is 17.8 Å². The van der Waals surface area contributed by atoms with Gasteiger partial charge < -0.3 is 10.0 Å². The second kappa shape index (κ2) is 8.07. The molecule has 0 bridgehead atoms. The Balaban J connectivity index is 1.86. The van der Waals surface area contributed by atoms with Crippen LogP contribution < -0.4 is 4.90 Å². The van der Waals surface area contributed by atoms with Crippen LogP contribution in [-0.4, -0.2) is 32.3 Å². The van der Waals surface area contributed by atoms with Gasteiger partial charge in [0, 0.05) is 5.02 Å². The molecule has 134 valence electrons. The van der Waals surface area contributed by atoms with Crippen LogP contribution in [0, 0.1) is 5.82 Å². The van der Waals surface area contributed by atoms with Crippen molar-refractivity contribution in [3.63, 3.8) is 0 Å². The number of aliphatic hydroxyl groups is 1. The van der Waals surface area contributed by atoms with Crippen molar-refractivity contribution < 1.29 is 14.3 Å².